The number of rotatable bonds is 6. The maximum Gasteiger partial charge on any atom is 0.354 e. The number of amides is 2. The quantitative estimate of drug-likeness (QED) is 0.575. The molecule has 0 saturated carbocycles. The van der Waals surface area contributed by atoms with E-state index in [9.17, 15) is 14.4 Å². The van der Waals surface area contributed by atoms with Crippen LogP contribution in [0.4, 0.5) is 5.69 Å². The van der Waals surface area contributed by atoms with Gasteiger partial charge in [0.25, 0.3) is 0 Å². The zero-order chi connectivity index (χ0) is 16.0. The number of nitrogens with two attached hydrogens (primary N) is 1. The van der Waals surface area contributed by atoms with Crippen molar-refractivity contribution in [2.24, 2.45) is 11.7 Å². The fourth-order valence-electron chi connectivity index (χ4n) is 1.39. The molecule has 0 aromatic carbocycles. The molecular formula is C13H18N4O4. The van der Waals surface area contributed by atoms with Crippen LogP contribution in [0.2, 0.25) is 0 Å². The molecule has 1 rings (SSSR count). The SMILES string of the molecule is CC(C)[C@H](N)C(=O)NCC(=O)Nc1ccc(C(=O)O)nc1. The molecule has 0 fully saturated rings. The summed E-state index contributed by atoms with van der Waals surface area (Å²) in [6, 6.07) is 2.01. The third-order valence-corrected chi connectivity index (χ3v) is 2.71. The Kier molecular flexibility index (Phi) is 5.79. The van der Waals surface area contributed by atoms with Crippen LogP contribution < -0.4 is 16.4 Å². The molecular weight excluding hydrogens is 276 g/mol. The van der Waals surface area contributed by atoms with Crippen LogP contribution in [-0.4, -0.2) is 40.5 Å². The van der Waals surface area contributed by atoms with Gasteiger partial charge in [-0.3, -0.25) is 9.59 Å². The minimum absolute atomic E-state index is 0.0270. The minimum Gasteiger partial charge on any atom is -0.477 e. The van der Waals surface area contributed by atoms with E-state index in [1.165, 1.54) is 18.3 Å². The summed E-state index contributed by atoms with van der Waals surface area (Å²) in [6.45, 7) is 3.39. The molecule has 1 atom stereocenters. The summed E-state index contributed by atoms with van der Waals surface area (Å²) in [4.78, 5) is 37.5. The van der Waals surface area contributed by atoms with Crippen molar-refractivity contribution in [3.63, 3.8) is 0 Å². The number of carbonyl (C=O) groups excluding carboxylic acids is 2. The normalized spacial score (nSPS) is 11.8. The van der Waals surface area contributed by atoms with Crippen molar-refractivity contribution in [1.82, 2.24) is 10.3 Å². The Hall–Kier alpha value is -2.48. The molecule has 2 amide bonds. The van der Waals surface area contributed by atoms with Gasteiger partial charge in [-0.05, 0) is 18.1 Å². The van der Waals surface area contributed by atoms with E-state index in [1.54, 1.807) is 13.8 Å². The summed E-state index contributed by atoms with van der Waals surface area (Å²) in [5.41, 5.74) is 5.85. The molecule has 8 heteroatoms. The van der Waals surface area contributed by atoms with Gasteiger partial charge in [-0.15, -0.1) is 0 Å². The van der Waals surface area contributed by atoms with Crippen LogP contribution in [0.1, 0.15) is 24.3 Å². The lowest BCUT2D eigenvalue weighted by Crippen LogP contribution is -2.46. The van der Waals surface area contributed by atoms with Crippen molar-refractivity contribution in [2.45, 2.75) is 19.9 Å². The second kappa shape index (κ2) is 7.34. The average Bonchev–Trinajstić information content (AvgIpc) is 2.44. The number of carboxylic acid groups (broad SMARTS) is 1. The number of hydrogen-bond acceptors (Lipinski definition) is 5. The highest BCUT2D eigenvalue weighted by atomic mass is 16.4. The molecule has 0 radical (unpaired) electrons. The maximum absolute atomic E-state index is 11.6. The van der Waals surface area contributed by atoms with Gasteiger partial charge in [0.2, 0.25) is 11.8 Å². The predicted molar refractivity (Wildman–Crippen MR) is 75.6 cm³/mol. The van der Waals surface area contributed by atoms with Crippen molar-refractivity contribution in [2.75, 3.05) is 11.9 Å². The number of carboxylic acids is 1. The Morgan fingerprint density at radius 2 is 2.00 bits per heavy atom. The molecule has 0 saturated heterocycles. The molecule has 0 aliphatic heterocycles. The highest BCUT2D eigenvalue weighted by Gasteiger charge is 2.17. The van der Waals surface area contributed by atoms with Crippen molar-refractivity contribution < 1.29 is 19.5 Å². The minimum atomic E-state index is -1.15. The van der Waals surface area contributed by atoms with Gasteiger partial charge in [0, 0.05) is 0 Å². The lowest BCUT2D eigenvalue weighted by Gasteiger charge is -2.15. The molecule has 0 bridgehead atoms. The van der Waals surface area contributed by atoms with E-state index < -0.39 is 23.8 Å². The average molecular weight is 294 g/mol. The first-order valence-corrected chi connectivity index (χ1v) is 6.33. The monoisotopic (exact) mass is 294 g/mol. The van der Waals surface area contributed by atoms with Crippen molar-refractivity contribution >= 4 is 23.5 Å². The summed E-state index contributed by atoms with van der Waals surface area (Å²) in [5, 5.41) is 13.6. The van der Waals surface area contributed by atoms with E-state index in [0.29, 0.717) is 5.69 Å². The standard InChI is InChI=1S/C13H18N4O4/c1-7(2)11(14)12(19)16-6-10(18)17-8-3-4-9(13(20)21)15-5-8/h3-5,7,11H,6,14H2,1-2H3,(H,16,19)(H,17,18)(H,20,21)/t11-/m0/s1. The van der Waals surface area contributed by atoms with Crippen LogP contribution in [0.3, 0.4) is 0 Å². The molecule has 1 heterocycles. The molecule has 114 valence electrons. The summed E-state index contributed by atoms with van der Waals surface area (Å²) in [6.07, 6.45) is 1.23. The lowest BCUT2D eigenvalue weighted by molar-refractivity contribution is -0.125. The zero-order valence-electron chi connectivity index (χ0n) is 11.8. The lowest BCUT2D eigenvalue weighted by atomic mass is 10.1. The van der Waals surface area contributed by atoms with E-state index in [1.807, 2.05) is 0 Å². The number of nitrogens with one attached hydrogen (secondary N) is 2. The topological polar surface area (TPSA) is 134 Å². The number of nitrogens with zero attached hydrogens (tertiary/aromatic N) is 1. The number of carbonyl (C=O) groups is 3. The van der Waals surface area contributed by atoms with Gasteiger partial charge in [0.05, 0.1) is 24.5 Å². The van der Waals surface area contributed by atoms with Crippen LogP contribution in [0.15, 0.2) is 18.3 Å². The first-order chi connectivity index (χ1) is 9.81. The van der Waals surface area contributed by atoms with E-state index in [0.717, 1.165) is 0 Å². The molecule has 0 spiro atoms. The van der Waals surface area contributed by atoms with E-state index in [2.05, 4.69) is 15.6 Å². The Labute approximate surface area is 121 Å². The third-order valence-electron chi connectivity index (χ3n) is 2.71. The molecule has 0 aliphatic rings. The Morgan fingerprint density at radius 1 is 1.33 bits per heavy atom. The van der Waals surface area contributed by atoms with Gasteiger partial charge in [-0.1, -0.05) is 13.8 Å². The van der Waals surface area contributed by atoms with Gasteiger partial charge in [0.15, 0.2) is 0 Å². The predicted octanol–water partition coefficient (Wildman–Crippen LogP) is -0.182. The van der Waals surface area contributed by atoms with Crippen LogP contribution in [0.25, 0.3) is 0 Å². The fraction of sp³-hybridized carbons (Fsp3) is 0.385. The number of hydrogen-bond donors (Lipinski definition) is 4. The summed E-state index contributed by atoms with van der Waals surface area (Å²) in [5.74, 6) is -2.03. The zero-order valence-corrected chi connectivity index (χ0v) is 11.8. The third kappa shape index (κ3) is 5.19. The number of anilines is 1. The molecule has 21 heavy (non-hydrogen) atoms. The van der Waals surface area contributed by atoms with E-state index in [-0.39, 0.29) is 18.2 Å². The van der Waals surface area contributed by atoms with Gasteiger partial charge < -0.3 is 21.5 Å². The van der Waals surface area contributed by atoms with Gasteiger partial charge in [-0.2, -0.15) is 0 Å². The smallest absolute Gasteiger partial charge is 0.354 e. The highest BCUT2D eigenvalue weighted by molar-refractivity contribution is 5.95. The number of aromatic carboxylic acids is 1. The molecule has 8 nitrogen and oxygen atoms in total. The summed E-state index contributed by atoms with van der Waals surface area (Å²) in [7, 11) is 0. The fourth-order valence-corrected chi connectivity index (χ4v) is 1.39. The Morgan fingerprint density at radius 3 is 2.48 bits per heavy atom. The van der Waals surface area contributed by atoms with Crippen molar-refractivity contribution in [3.8, 4) is 0 Å². The van der Waals surface area contributed by atoms with Gasteiger partial charge >= 0.3 is 5.97 Å². The molecule has 1 aromatic rings. The first-order valence-electron chi connectivity index (χ1n) is 6.33. The molecule has 1 aromatic heterocycles. The maximum atomic E-state index is 11.6. The number of pyridine rings is 1. The molecule has 0 aliphatic carbocycles. The van der Waals surface area contributed by atoms with E-state index in [4.69, 9.17) is 10.8 Å². The Balaban J connectivity index is 2.47. The second-order valence-corrected chi connectivity index (χ2v) is 4.77. The van der Waals surface area contributed by atoms with Crippen LogP contribution >= 0.6 is 0 Å². The van der Waals surface area contributed by atoms with Crippen LogP contribution in [0, 0.1) is 5.92 Å². The second-order valence-electron chi connectivity index (χ2n) is 4.77. The first kappa shape index (κ1) is 16.6. The van der Waals surface area contributed by atoms with Crippen LogP contribution in [0.5, 0.6) is 0 Å². The molecule has 5 N–H and O–H groups in total. The number of aromatic nitrogens is 1. The van der Waals surface area contributed by atoms with Crippen molar-refractivity contribution in [1.29, 1.82) is 0 Å². The van der Waals surface area contributed by atoms with Gasteiger partial charge in [-0.25, -0.2) is 9.78 Å². The van der Waals surface area contributed by atoms with E-state index >= 15 is 0 Å². The molecule has 0 unspecified atom stereocenters. The van der Waals surface area contributed by atoms with Crippen molar-refractivity contribution in [3.05, 3.63) is 24.0 Å². The Bertz CT molecular complexity index is 527. The largest absolute Gasteiger partial charge is 0.477 e. The van der Waals surface area contributed by atoms with Crippen LogP contribution in [-0.2, 0) is 9.59 Å². The highest BCUT2D eigenvalue weighted by Crippen LogP contribution is 2.05. The summed E-state index contributed by atoms with van der Waals surface area (Å²) < 4.78 is 0. The van der Waals surface area contributed by atoms with Gasteiger partial charge in [0.1, 0.15) is 5.69 Å². The summed E-state index contributed by atoms with van der Waals surface area (Å²) >= 11 is 0.